The normalized spacial score (nSPS) is 12.8. The number of anilines is 1. The van der Waals surface area contributed by atoms with Crippen LogP contribution in [0.5, 0.6) is 0 Å². The minimum absolute atomic E-state index is 0.174. The van der Waals surface area contributed by atoms with E-state index in [1.807, 2.05) is 0 Å². The Labute approximate surface area is 117 Å². The summed E-state index contributed by atoms with van der Waals surface area (Å²) in [4.78, 5) is 22.5. The fourth-order valence-corrected chi connectivity index (χ4v) is 1.52. The molecule has 0 aromatic heterocycles. The Morgan fingerprint density at radius 2 is 2.00 bits per heavy atom. The highest BCUT2D eigenvalue weighted by Crippen LogP contribution is 2.32. The number of rotatable bonds is 5. The summed E-state index contributed by atoms with van der Waals surface area (Å²) in [6, 6.07) is 2.03. The quantitative estimate of drug-likeness (QED) is 0.761. The Morgan fingerprint density at radius 3 is 2.43 bits per heavy atom. The minimum atomic E-state index is -4.74. The van der Waals surface area contributed by atoms with Crippen LogP contribution in [0, 0.1) is 0 Å². The smallest absolute Gasteiger partial charge is 0.416 e. The van der Waals surface area contributed by atoms with E-state index in [4.69, 9.17) is 15.6 Å². The molecule has 1 aromatic rings. The Kier molecular flexibility index (Phi) is 5.28. The Bertz CT molecular complexity index is 542. The summed E-state index contributed by atoms with van der Waals surface area (Å²) in [5, 5.41) is 11.0. The molecule has 0 aliphatic heterocycles. The number of amides is 1. The van der Waals surface area contributed by atoms with E-state index in [2.05, 4.69) is 5.32 Å². The summed E-state index contributed by atoms with van der Waals surface area (Å²) >= 11 is 0. The van der Waals surface area contributed by atoms with Crippen molar-refractivity contribution in [1.29, 1.82) is 0 Å². The van der Waals surface area contributed by atoms with Gasteiger partial charge in [0, 0.05) is 19.3 Å². The molecule has 21 heavy (non-hydrogen) atoms. The molecule has 0 heterocycles. The van der Waals surface area contributed by atoms with E-state index in [1.165, 1.54) is 7.11 Å². The van der Waals surface area contributed by atoms with Crippen LogP contribution in [-0.2, 0) is 15.7 Å². The van der Waals surface area contributed by atoms with Gasteiger partial charge in [-0.05, 0) is 18.2 Å². The molecule has 1 aromatic carbocycles. The molecule has 0 saturated heterocycles. The van der Waals surface area contributed by atoms with Crippen LogP contribution in [-0.4, -0.2) is 36.7 Å². The lowest BCUT2D eigenvalue weighted by Gasteiger charge is -2.15. The van der Waals surface area contributed by atoms with Crippen molar-refractivity contribution in [1.82, 2.24) is 0 Å². The van der Waals surface area contributed by atoms with Crippen LogP contribution in [0.3, 0.4) is 0 Å². The van der Waals surface area contributed by atoms with Crippen molar-refractivity contribution in [3.63, 3.8) is 0 Å². The number of carbonyl (C=O) groups is 2. The first-order valence-corrected chi connectivity index (χ1v) is 5.68. The van der Waals surface area contributed by atoms with Gasteiger partial charge in [0.05, 0.1) is 11.1 Å². The lowest BCUT2D eigenvalue weighted by atomic mass is 10.1. The third kappa shape index (κ3) is 4.43. The lowest BCUT2D eigenvalue weighted by molar-refractivity contribution is -0.137. The summed E-state index contributed by atoms with van der Waals surface area (Å²) in [6.07, 6.45) is -5.78. The van der Waals surface area contributed by atoms with Crippen LogP contribution in [0.15, 0.2) is 18.2 Å². The van der Waals surface area contributed by atoms with E-state index >= 15 is 0 Å². The number of ether oxygens (including phenoxy) is 1. The molecule has 1 rings (SSSR count). The SMILES string of the molecule is COC(CN)C(=O)Nc1cc(C(=O)O)cc(C(F)(F)F)c1. The number of carboxylic acid groups (broad SMARTS) is 1. The number of hydrogen-bond donors (Lipinski definition) is 3. The largest absolute Gasteiger partial charge is 0.478 e. The van der Waals surface area contributed by atoms with Crippen molar-refractivity contribution in [3.8, 4) is 0 Å². The number of benzene rings is 1. The first-order valence-electron chi connectivity index (χ1n) is 5.68. The summed E-state index contributed by atoms with van der Waals surface area (Å²) in [7, 11) is 1.21. The van der Waals surface area contributed by atoms with Gasteiger partial charge in [-0.1, -0.05) is 0 Å². The molecular weight excluding hydrogens is 293 g/mol. The monoisotopic (exact) mass is 306 g/mol. The zero-order chi connectivity index (χ0) is 16.2. The van der Waals surface area contributed by atoms with Crippen LogP contribution in [0.1, 0.15) is 15.9 Å². The Morgan fingerprint density at radius 1 is 1.38 bits per heavy atom. The number of nitrogens with one attached hydrogen (secondary N) is 1. The number of hydrogen-bond acceptors (Lipinski definition) is 4. The zero-order valence-corrected chi connectivity index (χ0v) is 10.9. The molecule has 0 bridgehead atoms. The van der Waals surface area contributed by atoms with Gasteiger partial charge in [0.25, 0.3) is 5.91 Å². The third-order valence-corrected chi connectivity index (χ3v) is 2.57. The Balaban J connectivity index is 3.15. The van der Waals surface area contributed by atoms with Gasteiger partial charge < -0.3 is 20.9 Å². The summed E-state index contributed by atoms with van der Waals surface area (Å²) in [6.45, 7) is -0.174. The van der Waals surface area contributed by atoms with Gasteiger partial charge in [-0.25, -0.2) is 4.79 Å². The van der Waals surface area contributed by atoms with E-state index in [0.29, 0.717) is 12.1 Å². The molecule has 116 valence electrons. The second-order valence-electron chi connectivity index (χ2n) is 4.05. The molecule has 4 N–H and O–H groups in total. The molecule has 0 saturated carbocycles. The van der Waals surface area contributed by atoms with Gasteiger partial charge in [-0.15, -0.1) is 0 Å². The molecule has 1 amide bonds. The molecule has 0 aliphatic rings. The van der Waals surface area contributed by atoms with Crippen molar-refractivity contribution in [2.75, 3.05) is 19.0 Å². The molecule has 6 nitrogen and oxygen atoms in total. The number of halogens is 3. The van der Waals surface area contributed by atoms with E-state index in [0.717, 1.165) is 6.07 Å². The van der Waals surface area contributed by atoms with Gasteiger partial charge in [0.2, 0.25) is 0 Å². The average molecular weight is 306 g/mol. The topological polar surface area (TPSA) is 102 Å². The van der Waals surface area contributed by atoms with Gasteiger partial charge in [-0.2, -0.15) is 13.2 Å². The minimum Gasteiger partial charge on any atom is -0.478 e. The Hall–Kier alpha value is -2.13. The number of aromatic carboxylic acids is 1. The number of methoxy groups -OCH3 is 1. The average Bonchev–Trinajstić information content (AvgIpc) is 2.38. The van der Waals surface area contributed by atoms with Gasteiger partial charge in [-0.3, -0.25) is 4.79 Å². The molecule has 0 radical (unpaired) electrons. The molecule has 9 heteroatoms. The third-order valence-electron chi connectivity index (χ3n) is 2.57. The van der Waals surface area contributed by atoms with E-state index in [1.54, 1.807) is 0 Å². The maximum atomic E-state index is 12.7. The van der Waals surface area contributed by atoms with Crippen LogP contribution in [0.2, 0.25) is 0 Å². The summed E-state index contributed by atoms with van der Waals surface area (Å²) in [5.74, 6) is -2.31. The highest BCUT2D eigenvalue weighted by molar-refractivity contribution is 5.96. The second-order valence-corrected chi connectivity index (χ2v) is 4.05. The number of carbonyl (C=O) groups excluding carboxylic acids is 1. The number of alkyl halides is 3. The second kappa shape index (κ2) is 6.55. The van der Waals surface area contributed by atoms with Crippen molar-refractivity contribution >= 4 is 17.6 Å². The molecular formula is C12H13F3N2O4. The molecule has 1 unspecified atom stereocenters. The molecule has 0 spiro atoms. The highest BCUT2D eigenvalue weighted by Gasteiger charge is 2.32. The van der Waals surface area contributed by atoms with Gasteiger partial charge in [0.15, 0.2) is 0 Å². The number of carboxylic acids is 1. The lowest BCUT2D eigenvalue weighted by Crippen LogP contribution is -2.36. The zero-order valence-electron chi connectivity index (χ0n) is 10.9. The maximum absolute atomic E-state index is 12.7. The fraction of sp³-hybridized carbons (Fsp3) is 0.333. The predicted molar refractivity (Wildman–Crippen MR) is 66.9 cm³/mol. The first-order chi connectivity index (χ1) is 9.68. The fourth-order valence-electron chi connectivity index (χ4n) is 1.52. The first kappa shape index (κ1) is 16.9. The molecule has 0 fully saturated rings. The van der Waals surface area contributed by atoms with Crippen LogP contribution < -0.4 is 11.1 Å². The predicted octanol–water partition coefficient (Wildman–Crippen LogP) is 1.32. The highest BCUT2D eigenvalue weighted by atomic mass is 19.4. The van der Waals surface area contributed by atoms with E-state index < -0.39 is 35.3 Å². The summed E-state index contributed by atoms with van der Waals surface area (Å²) < 4.78 is 42.8. The van der Waals surface area contributed by atoms with Crippen LogP contribution in [0.4, 0.5) is 18.9 Å². The molecule has 1 atom stereocenters. The van der Waals surface area contributed by atoms with Crippen molar-refractivity contribution < 1.29 is 32.6 Å². The van der Waals surface area contributed by atoms with Crippen molar-refractivity contribution in [2.24, 2.45) is 5.73 Å². The number of nitrogens with two attached hydrogens (primary N) is 1. The van der Waals surface area contributed by atoms with E-state index in [9.17, 15) is 22.8 Å². The van der Waals surface area contributed by atoms with Gasteiger partial charge >= 0.3 is 12.1 Å². The van der Waals surface area contributed by atoms with Crippen molar-refractivity contribution in [2.45, 2.75) is 12.3 Å². The van der Waals surface area contributed by atoms with Crippen LogP contribution in [0.25, 0.3) is 0 Å². The van der Waals surface area contributed by atoms with Crippen LogP contribution >= 0.6 is 0 Å². The summed E-state index contributed by atoms with van der Waals surface area (Å²) in [5.41, 5.74) is 3.18. The van der Waals surface area contributed by atoms with Gasteiger partial charge in [0.1, 0.15) is 6.10 Å². The van der Waals surface area contributed by atoms with Crippen molar-refractivity contribution in [3.05, 3.63) is 29.3 Å². The molecule has 0 aliphatic carbocycles. The van der Waals surface area contributed by atoms with E-state index in [-0.39, 0.29) is 12.2 Å². The maximum Gasteiger partial charge on any atom is 0.416 e. The standard InChI is InChI=1S/C12H13F3N2O4/c1-21-9(5-16)10(18)17-8-3-6(11(19)20)2-7(4-8)12(13,14)15/h2-4,9H,5,16H2,1H3,(H,17,18)(H,19,20).